The number of alkyl halides is 2. The van der Waals surface area contributed by atoms with E-state index in [1.54, 1.807) is 0 Å². The first-order chi connectivity index (χ1) is 4.89. The number of halogens is 2. The molecule has 3 heteroatoms. The third-order valence-corrected chi connectivity index (χ3v) is 3.76. The minimum atomic E-state index is -0.742. The Hall–Kier alpha value is 0.774. The average molecular weight is 239 g/mol. The van der Waals surface area contributed by atoms with E-state index in [4.69, 9.17) is 23.2 Å². The van der Waals surface area contributed by atoms with Crippen molar-refractivity contribution in [2.75, 3.05) is 0 Å². The summed E-state index contributed by atoms with van der Waals surface area (Å²) in [4.78, 5) is 0. The molecule has 0 saturated carbocycles. The summed E-state index contributed by atoms with van der Waals surface area (Å²) in [5.74, 6) is 0. The zero-order valence-electron chi connectivity index (χ0n) is 7.76. The van der Waals surface area contributed by atoms with Crippen molar-refractivity contribution in [2.45, 2.75) is 32.0 Å². The Morgan fingerprint density at radius 3 is 1.17 bits per heavy atom. The van der Waals surface area contributed by atoms with E-state index in [0.717, 1.165) is 11.1 Å². The van der Waals surface area contributed by atoms with E-state index in [0.29, 0.717) is 0 Å². The summed E-state index contributed by atoms with van der Waals surface area (Å²) in [6.07, 6.45) is 0. The van der Waals surface area contributed by atoms with Crippen LogP contribution in [0.25, 0.3) is 0 Å². The molecule has 0 aromatic rings. The summed E-state index contributed by atoms with van der Waals surface area (Å²) in [6.45, 7) is 8.08. The minimum Gasteiger partial charge on any atom is -0.0916 e. The molecule has 1 rings (SSSR count). The predicted molar refractivity (Wildman–Crippen MR) is 51.2 cm³/mol. The molecule has 0 fully saturated rings. The Labute approximate surface area is 98.9 Å². The average Bonchev–Trinajstić information content (AvgIpc) is 2.06. The molecular formula is C9H12Cl2Ti. The molecule has 0 saturated heterocycles. The third kappa shape index (κ3) is 1.68. The second kappa shape index (κ2) is 3.88. The maximum absolute atomic E-state index is 6.11. The van der Waals surface area contributed by atoms with E-state index >= 15 is 0 Å². The Bertz CT molecular complexity index is 236. The molecule has 0 radical (unpaired) electrons. The van der Waals surface area contributed by atoms with Gasteiger partial charge >= 0.3 is 0 Å². The van der Waals surface area contributed by atoms with Gasteiger partial charge in [-0.3, -0.25) is 0 Å². The van der Waals surface area contributed by atoms with Crippen molar-refractivity contribution in [2.24, 2.45) is 0 Å². The molecule has 0 nitrogen and oxygen atoms in total. The van der Waals surface area contributed by atoms with Gasteiger partial charge in [-0.15, -0.1) is 0 Å². The molecule has 1 aliphatic carbocycles. The molecule has 0 bridgehead atoms. The fourth-order valence-electron chi connectivity index (χ4n) is 1.31. The molecule has 0 spiro atoms. The van der Waals surface area contributed by atoms with E-state index in [1.807, 2.05) is 13.8 Å². The predicted octanol–water partition coefficient (Wildman–Crippen LogP) is 3.84. The fraction of sp³-hybridized carbons (Fsp3) is 0.556. The van der Waals surface area contributed by atoms with E-state index < -0.39 is 4.33 Å². The van der Waals surface area contributed by atoms with Crippen molar-refractivity contribution in [1.82, 2.24) is 0 Å². The molecule has 0 amide bonds. The summed E-state index contributed by atoms with van der Waals surface area (Å²) in [5, 5.41) is 0. The summed E-state index contributed by atoms with van der Waals surface area (Å²) in [5.41, 5.74) is 4.59. The standard InChI is InChI=1S/C9H12Cl2.Ti/c1-5-6(2)8(4)9(10,11)7(5)3;/h1-4H3;. The molecular weight excluding hydrogens is 227 g/mol. The summed E-state index contributed by atoms with van der Waals surface area (Å²) in [7, 11) is 0. The number of allylic oxidation sites excluding steroid dienone is 4. The zero-order chi connectivity index (χ0) is 8.81. The van der Waals surface area contributed by atoms with Crippen LogP contribution in [0.1, 0.15) is 27.7 Å². The smallest absolute Gasteiger partial charge is 0.0916 e. The van der Waals surface area contributed by atoms with E-state index in [1.165, 1.54) is 11.1 Å². The Kier molecular flexibility index (Phi) is 4.13. The van der Waals surface area contributed by atoms with E-state index in [-0.39, 0.29) is 21.7 Å². The number of hydrogen-bond acceptors (Lipinski definition) is 0. The normalized spacial score (nSPS) is 21.5. The van der Waals surface area contributed by atoms with Crippen molar-refractivity contribution in [1.29, 1.82) is 0 Å². The van der Waals surface area contributed by atoms with Crippen LogP contribution in [0.2, 0.25) is 0 Å². The topological polar surface area (TPSA) is 0 Å². The molecule has 0 N–H and O–H groups in total. The quantitative estimate of drug-likeness (QED) is 0.445. The van der Waals surface area contributed by atoms with Crippen molar-refractivity contribution in [3.63, 3.8) is 0 Å². The van der Waals surface area contributed by atoms with Gasteiger partial charge in [-0.1, -0.05) is 23.2 Å². The van der Waals surface area contributed by atoms with Gasteiger partial charge in [0.25, 0.3) is 0 Å². The Morgan fingerprint density at radius 2 is 1.08 bits per heavy atom. The maximum Gasteiger partial charge on any atom is 0.160 e. The van der Waals surface area contributed by atoms with Crippen LogP contribution in [0.15, 0.2) is 22.3 Å². The van der Waals surface area contributed by atoms with Crippen LogP contribution in [0.4, 0.5) is 0 Å². The van der Waals surface area contributed by atoms with Crippen LogP contribution in [0.5, 0.6) is 0 Å². The molecule has 0 aromatic carbocycles. The van der Waals surface area contributed by atoms with Crippen LogP contribution in [-0.4, -0.2) is 4.33 Å². The van der Waals surface area contributed by atoms with Crippen LogP contribution in [0, 0.1) is 0 Å². The molecule has 12 heavy (non-hydrogen) atoms. The SMILES string of the molecule is CC1=C(C)C(Cl)(Cl)C(C)=C1C.[Ti]. The van der Waals surface area contributed by atoms with E-state index in [2.05, 4.69) is 13.8 Å². The van der Waals surface area contributed by atoms with Crippen molar-refractivity contribution >= 4 is 23.2 Å². The van der Waals surface area contributed by atoms with Crippen molar-refractivity contribution < 1.29 is 21.7 Å². The third-order valence-electron chi connectivity index (χ3n) is 2.63. The van der Waals surface area contributed by atoms with Crippen LogP contribution < -0.4 is 0 Å². The van der Waals surface area contributed by atoms with Crippen LogP contribution in [-0.2, 0) is 21.7 Å². The molecule has 0 aromatic heterocycles. The summed E-state index contributed by atoms with van der Waals surface area (Å²) < 4.78 is -0.742. The Balaban J connectivity index is 0.00000121. The molecule has 0 heterocycles. The van der Waals surface area contributed by atoms with Gasteiger partial charge in [0.2, 0.25) is 0 Å². The first kappa shape index (κ1) is 12.8. The first-order valence-electron chi connectivity index (χ1n) is 3.63. The first-order valence-corrected chi connectivity index (χ1v) is 4.38. The van der Waals surface area contributed by atoms with Crippen LogP contribution in [0.3, 0.4) is 0 Å². The van der Waals surface area contributed by atoms with E-state index in [9.17, 15) is 0 Å². The number of rotatable bonds is 0. The van der Waals surface area contributed by atoms with Gasteiger partial charge in [0, 0.05) is 21.7 Å². The molecule has 0 atom stereocenters. The summed E-state index contributed by atoms with van der Waals surface area (Å²) >= 11 is 12.2. The van der Waals surface area contributed by atoms with Gasteiger partial charge in [-0.2, -0.15) is 0 Å². The van der Waals surface area contributed by atoms with Gasteiger partial charge in [0.15, 0.2) is 4.33 Å². The fourth-order valence-corrected chi connectivity index (χ4v) is 1.88. The van der Waals surface area contributed by atoms with Crippen molar-refractivity contribution in [3.05, 3.63) is 22.3 Å². The van der Waals surface area contributed by atoms with Gasteiger partial charge in [-0.25, -0.2) is 0 Å². The summed E-state index contributed by atoms with van der Waals surface area (Å²) in [6, 6.07) is 0. The second-order valence-electron chi connectivity index (χ2n) is 3.07. The molecule has 66 valence electrons. The second-order valence-corrected chi connectivity index (χ2v) is 4.40. The van der Waals surface area contributed by atoms with Gasteiger partial charge < -0.3 is 0 Å². The van der Waals surface area contributed by atoms with Gasteiger partial charge in [0.1, 0.15) is 0 Å². The van der Waals surface area contributed by atoms with Crippen LogP contribution >= 0.6 is 23.2 Å². The van der Waals surface area contributed by atoms with Gasteiger partial charge in [0.05, 0.1) is 0 Å². The molecule has 0 unspecified atom stereocenters. The molecule has 0 aliphatic heterocycles. The van der Waals surface area contributed by atoms with Crippen molar-refractivity contribution in [3.8, 4) is 0 Å². The maximum atomic E-state index is 6.11. The molecule has 1 aliphatic rings. The van der Waals surface area contributed by atoms with Gasteiger partial charge in [-0.05, 0) is 50.0 Å². The largest absolute Gasteiger partial charge is 0.160 e. The Morgan fingerprint density at radius 1 is 0.833 bits per heavy atom. The number of hydrogen-bond donors (Lipinski definition) is 0. The minimum absolute atomic E-state index is 0. The zero-order valence-corrected chi connectivity index (χ0v) is 10.8. The monoisotopic (exact) mass is 238 g/mol.